The molecule has 8 heteroatoms. The summed E-state index contributed by atoms with van der Waals surface area (Å²) in [5, 5.41) is 2.79. The van der Waals surface area contributed by atoms with Crippen LogP contribution < -0.4 is 21.3 Å². The molecule has 4 N–H and O–H groups in total. The molecule has 2 aromatic rings. The van der Waals surface area contributed by atoms with Gasteiger partial charge in [-0.2, -0.15) is 0 Å². The molecule has 0 radical (unpaired) electrons. The number of carbonyl (C=O) groups is 1. The highest BCUT2D eigenvalue weighted by atomic mass is 79.9. The number of nitrogen functional groups attached to an aromatic ring is 1. The largest absolute Gasteiger partial charge is 0.495 e. The molecule has 0 bridgehead atoms. The number of rotatable bonds is 4. The summed E-state index contributed by atoms with van der Waals surface area (Å²) in [6, 6.07) is 5.08. The zero-order valence-corrected chi connectivity index (χ0v) is 14.2. The van der Waals surface area contributed by atoms with Crippen LogP contribution in [0.2, 0.25) is 0 Å². The standard InChI is InChI=1S/C13H12Br2N4O2/c1-21-12-5-10(8(14)4-9(12)15)18-13(20)7-2-3-17-6-11(7)19-16/h2-6,19H,16H2,1H3,(H,18,20). The van der Waals surface area contributed by atoms with Gasteiger partial charge in [-0.3, -0.25) is 15.6 Å². The van der Waals surface area contributed by atoms with E-state index in [9.17, 15) is 4.79 Å². The molecule has 0 fully saturated rings. The Bertz CT molecular complexity index is 679. The first-order valence-electron chi connectivity index (χ1n) is 5.81. The normalized spacial score (nSPS) is 10.1. The number of hydrogen-bond donors (Lipinski definition) is 3. The summed E-state index contributed by atoms with van der Waals surface area (Å²) < 4.78 is 6.71. The average molecular weight is 416 g/mol. The number of aromatic nitrogens is 1. The van der Waals surface area contributed by atoms with E-state index in [0.717, 1.165) is 8.95 Å². The number of carbonyl (C=O) groups excluding carboxylic acids is 1. The molecule has 0 aliphatic rings. The summed E-state index contributed by atoms with van der Waals surface area (Å²) >= 11 is 6.77. The smallest absolute Gasteiger partial charge is 0.257 e. The molecule has 1 aromatic heterocycles. The molecule has 2 rings (SSSR count). The molecular weight excluding hydrogens is 404 g/mol. The van der Waals surface area contributed by atoms with Crippen LogP contribution in [0.5, 0.6) is 5.75 Å². The van der Waals surface area contributed by atoms with Gasteiger partial charge in [0.1, 0.15) is 5.75 Å². The summed E-state index contributed by atoms with van der Waals surface area (Å²) in [4.78, 5) is 16.2. The van der Waals surface area contributed by atoms with Gasteiger partial charge in [0.05, 0.1) is 34.7 Å². The molecule has 0 atom stereocenters. The Morgan fingerprint density at radius 3 is 2.71 bits per heavy atom. The Kier molecular flexibility index (Phi) is 5.16. The second-order valence-electron chi connectivity index (χ2n) is 3.99. The first kappa shape index (κ1) is 15.7. The monoisotopic (exact) mass is 414 g/mol. The average Bonchev–Trinajstić information content (AvgIpc) is 2.49. The fraction of sp³-hybridized carbons (Fsp3) is 0.0769. The molecule has 21 heavy (non-hydrogen) atoms. The van der Waals surface area contributed by atoms with Crippen molar-refractivity contribution in [2.75, 3.05) is 17.9 Å². The minimum Gasteiger partial charge on any atom is -0.495 e. The van der Waals surface area contributed by atoms with Crippen molar-refractivity contribution in [2.24, 2.45) is 5.84 Å². The number of pyridine rings is 1. The Morgan fingerprint density at radius 2 is 2.05 bits per heavy atom. The van der Waals surface area contributed by atoms with Gasteiger partial charge >= 0.3 is 0 Å². The van der Waals surface area contributed by atoms with E-state index in [4.69, 9.17) is 10.6 Å². The second-order valence-corrected chi connectivity index (χ2v) is 5.69. The van der Waals surface area contributed by atoms with Crippen LogP contribution in [0.25, 0.3) is 0 Å². The van der Waals surface area contributed by atoms with Crippen molar-refractivity contribution >= 4 is 49.1 Å². The number of benzene rings is 1. The third-order valence-corrected chi connectivity index (χ3v) is 3.99. The lowest BCUT2D eigenvalue weighted by atomic mass is 10.2. The van der Waals surface area contributed by atoms with E-state index >= 15 is 0 Å². The lowest BCUT2D eigenvalue weighted by Gasteiger charge is -2.12. The summed E-state index contributed by atoms with van der Waals surface area (Å²) in [5.41, 5.74) is 3.85. The Hall–Kier alpha value is -1.64. The van der Waals surface area contributed by atoms with E-state index in [1.54, 1.807) is 25.3 Å². The van der Waals surface area contributed by atoms with E-state index in [1.165, 1.54) is 12.4 Å². The van der Waals surface area contributed by atoms with Crippen LogP contribution in [0.3, 0.4) is 0 Å². The van der Waals surface area contributed by atoms with E-state index in [0.29, 0.717) is 22.7 Å². The highest BCUT2D eigenvalue weighted by Crippen LogP contribution is 2.34. The number of nitrogens with two attached hydrogens (primary N) is 1. The van der Waals surface area contributed by atoms with Crippen LogP contribution >= 0.6 is 31.9 Å². The van der Waals surface area contributed by atoms with Gasteiger partial charge in [0, 0.05) is 16.7 Å². The number of hydrazine groups is 1. The number of nitrogens with one attached hydrogen (secondary N) is 2. The van der Waals surface area contributed by atoms with Gasteiger partial charge in [-0.1, -0.05) is 0 Å². The molecule has 6 nitrogen and oxygen atoms in total. The Balaban J connectivity index is 2.31. The maximum absolute atomic E-state index is 12.3. The third kappa shape index (κ3) is 3.52. The van der Waals surface area contributed by atoms with Gasteiger partial charge < -0.3 is 15.5 Å². The highest BCUT2D eigenvalue weighted by molar-refractivity contribution is 9.11. The predicted octanol–water partition coefficient (Wildman–Crippen LogP) is 3.15. The van der Waals surface area contributed by atoms with Crippen LogP contribution in [-0.4, -0.2) is 18.0 Å². The molecule has 0 aliphatic heterocycles. The van der Waals surface area contributed by atoms with Crippen molar-refractivity contribution in [3.63, 3.8) is 0 Å². The van der Waals surface area contributed by atoms with E-state index < -0.39 is 0 Å². The van der Waals surface area contributed by atoms with E-state index in [2.05, 4.69) is 47.6 Å². The fourth-order valence-electron chi connectivity index (χ4n) is 1.68. The maximum Gasteiger partial charge on any atom is 0.257 e. The van der Waals surface area contributed by atoms with Gasteiger partial charge in [-0.25, -0.2) is 0 Å². The first-order valence-corrected chi connectivity index (χ1v) is 7.40. The van der Waals surface area contributed by atoms with Gasteiger partial charge in [-0.15, -0.1) is 0 Å². The number of hydrogen-bond acceptors (Lipinski definition) is 5. The van der Waals surface area contributed by atoms with E-state index in [-0.39, 0.29) is 5.91 Å². The van der Waals surface area contributed by atoms with Crippen LogP contribution in [0, 0.1) is 0 Å². The van der Waals surface area contributed by atoms with Crippen LogP contribution in [0.1, 0.15) is 10.4 Å². The van der Waals surface area contributed by atoms with Crippen molar-refractivity contribution in [2.45, 2.75) is 0 Å². The predicted molar refractivity (Wildman–Crippen MR) is 88.4 cm³/mol. The van der Waals surface area contributed by atoms with Crippen LogP contribution in [0.15, 0.2) is 39.5 Å². The van der Waals surface area contributed by atoms with E-state index in [1.807, 2.05) is 0 Å². The number of halogens is 2. The molecule has 0 unspecified atom stereocenters. The minimum absolute atomic E-state index is 0.310. The van der Waals surface area contributed by atoms with Crippen molar-refractivity contribution in [3.8, 4) is 5.75 Å². The molecule has 0 spiro atoms. The number of anilines is 2. The Labute approximate surface area is 138 Å². The minimum atomic E-state index is -0.310. The number of amides is 1. The van der Waals surface area contributed by atoms with Crippen molar-refractivity contribution < 1.29 is 9.53 Å². The van der Waals surface area contributed by atoms with Crippen molar-refractivity contribution in [1.29, 1.82) is 0 Å². The second kappa shape index (κ2) is 6.88. The zero-order valence-electron chi connectivity index (χ0n) is 11.0. The first-order chi connectivity index (χ1) is 10.1. The zero-order chi connectivity index (χ0) is 15.4. The lowest BCUT2D eigenvalue weighted by molar-refractivity contribution is 0.102. The SMILES string of the molecule is COc1cc(NC(=O)c2ccncc2NN)c(Br)cc1Br. The molecule has 110 valence electrons. The topological polar surface area (TPSA) is 89.3 Å². The van der Waals surface area contributed by atoms with Gasteiger partial charge in [0.15, 0.2) is 0 Å². The molecule has 1 heterocycles. The summed E-state index contributed by atoms with van der Waals surface area (Å²) in [6.45, 7) is 0. The summed E-state index contributed by atoms with van der Waals surface area (Å²) in [7, 11) is 1.55. The number of nitrogens with zero attached hydrogens (tertiary/aromatic N) is 1. The molecule has 0 saturated heterocycles. The molecule has 0 aliphatic carbocycles. The summed E-state index contributed by atoms with van der Waals surface area (Å²) in [6.07, 6.45) is 3.00. The lowest BCUT2D eigenvalue weighted by Crippen LogP contribution is -2.17. The number of methoxy groups -OCH3 is 1. The van der Waals surface area contributed by atoms with Crippen LogP contribution in [-0.2, 0) is 0 Å². The molecule has 1 amide bonds. The maximum atomic E-state index is 12.3. The van der Waals surface area contributed by atoms with Gasteiger partial charge in [0.2, 0.25) is 0 Å². The highest BCUT2D eigenvalue weighted by Gasteiger charge is 2.14. The third-order valence-electron chi connectivity index (χ3n) is 2.71. The Morgan fingerprint density at radius 1 is 1.29 bits per heavy atom. The fourth-order valence-corrected chi connectivity index (χ4v) is 2.93. The quantitative estimate of drug-likeness (QED) is 0.527. The number of ether oxygens (including phenoxy) is 1. The molecular formula is C13H12Br2N4O2. The van der Waals surface area contributed by atoms with Crippen molar-refractivity contribution in [3.05, 3.63) is 45.1 Å². The van der Waals surface area contributed by atoms with Crippen molar-refractivity contribution in [1.82, 2.24) is 4.98 Å². The summed E-state index contributed by atoms with van der Waals surface area (Å²) in [5.74, 6) is 5.67. The van der Waals surface area contributed by atoms with Crippen LogP contribution in [0.4, 0.5) is 11.4 Å². The van der Waals surface area contributed by atoms with Gasteiger partial charge in [-0.05, 0) is 44.0 Å². The molecule has 0 saturated carbocycles. The van der Waals surface area contributed by atoms with Gasteiger partial charge in [0.25, 0.3) is 5.91 Å². The molecule has 1 aromatic carbocycles.